The lowest BCUT2D eigenvalue weighted by molar-refractivity contribution is 0.888. The molecule has 30 heavy (non-hydrogen) atoms. The highest BCUT2D eigenvalue weighted by atomic mass is 32.4. The van der Waals surface area contributed by atoms with E-state index in [0.717, 1.165) is 0 Å². The van der Waals surface area contributed by atoms with Crippen LogP contribution in [0.5, 0.6) is 0 Å². The van der Waals surface area contributed by atoms with Crippen molar-refractivity contribution in [2.75, 3.05) is 0 Å². The minimum absolute atomic E-state index is 1.32. The number of hydrogen-bond acceptors (Lipinski definition) is 1. The number of rotatable bonds is 2. The summed E-state index contributed by atoms with van der Waals surface area (Å²) >= 11 is 2.14. The van der Waals surface area contributed by atoms with Gasteiger partial charge in [0.15, 0.2) is 0 Å². The predicted molar refractivity (Wildman–Crippen MR) is 133 cm³/mol. The zero-order chi connectivity index (χ0) is 21.0. The SMILES string of the molecule is Cc1ccc2c(c1)[Si](c1ccccc1C)(c1ccccc1C)Sc1cc(C)n(C)c1-2. The largest absolute Gasteiger partial charge is 0.347 e. The Morgan fingerprint density at radius 2 is 1.30 bits per heavy atom. The molecule has 1 nitrogen and oxygen atoms in total. The van der Waals surface area contributed by atoms with E-state index in [4.69, 9.17) is 0 Å². The molecular weight excluding hydrogens is 398 g/mol. The molecule has 1 aromatic heterocycles. The van der Waals surface area contributed by atoms with Crippen LogP contribution in [0.2, 0.25) is 0 Å². The third-order valence-corrected chi connectivity index (χ3v) is 14.8. The maximum absolute atomic E-state index is 2.47. The van der Waals surface area contributed by atoms with Gasteiger partial charge < -0.3 is 4.57 Å². The van der Waals surface area contributed by atoms with Crippen LogP contribution in [0.1, 0.15) is 22.4 Å². The average Bonchev–Trinajstić information content (AvgIpc) is 3.01. The van der Waals surface area contributed by atoms with Gasteiger partial charge in [0.2, 0.25) is 7.22 Å². The molecule has 0 saturated heterocycles. The van der Waals surface area contributed by atoms with Crippen molar-refractivity contribution in [3.05, 3.63) is 95.2 Å². The highest BCUT2D eigenvalue weighted by Gasteiger charge is 2.48. The molecular formula is C27H27NSSi. The van der Waals surface area contributed by atoms with E-state index in [1.807, 2.05) is 0 Å². The van der Waals surface area contributed by atoms with Gasteiger partial charge in [-0.1, -0.05) is 83.4 Å². The number of hydrogen-bond donors (Lipinski definition) is 0. The summed E-state index contributed by atoms with van der Waals surface area (Å²) in [4.78, 5) is 1.42. The normalized spacial score (nSPS) is 14.3. The van der Waals surface area contributed by atoms with Gasteiger partial charge in [-0.25, -0.2) is 0 Å². The van der Waals surface area contributed by atoms with Gasteiger partial charge >= 0.3 is 0 Å². The maximum Gasteiger partial charge on any atom is 0.216 e. The topological polar surface area (TPSA) is 4.93 Å². The number of aromatic nitrogens is 1. The number of aryl methyl sites for hydroxylation is 4. The molecule has 3 heteroatoms. The van der Waals surface area contributed by atoms with Crippen LogP contribution in [0.3, 0.4) is 0 Å². The molecule has 1 aliphatic heterocycles. The monoisotopic (exact) mass is 425 g/mol. The number of nitrogens with zero attached hydrogens (tertiary/aromatic N) is 1. The molecule has 0 aliphatic carbocycles. The maximum atomic E-state index is 2.47. The second kappa shape index (κ2) is 7.04. The summed E-state index contributed by atoms with van der Waals surface area (Å²) in [6.07, 6.45) is 0. The zero-order valence-electron chi connectivity index (χ0n) is 18.3. The van der Waals surface area contributed by atoms with E-state index in [1.165, 1.54) is 54.1 Å². The molecule has 150 valence electrons. The Kier molecular flexibility index (Phi) is 4.57. The van der Waals surface area contributed by atoms with Crippen molar-refractivity contribution in [3.8, 4) is 11.3 Å². The standard InChI is InChI=1S/C27H27NSSi/c1-18-14-15-22-26(16-18)30(24-12-8-6-10-19(24)2,25-13-9-7-11-20(25)3)29-23-17-21(4)28(5)27(22)23/h6-17H,1-5H3. The molecule has 5 rings (SSSR count). The minimum Gasteiger partial charge on any atom is -0.347 e. The van der Waals surface area contributed by atoms with E-state index in [9.17, 15) is 0 Å². The van der Waals surface area contributed by atoms with Crippen molar-refractivity contribution in [1.82, 2.24) is 4.57 Å². The Morgan fingerprint density at radius 1 is 0.700 bits per heavy atom. The van der Waals surface area contributed by atoms with Crippen molar-refractivity contribution < 1.29 is 0 Å². The third kappa shape index (κ3) is 2.69. The van der Waals surface area contributed by atoms with Crippen molar-refractivity contribution in [2.45, 2.75) is 32.6 Å². The summed E-state index contributed by atoms with van der Waals surface area (Å²) in [5.74, 6) is 0. The molecule has 0 bridgehead atoms. The molecule has 0 radical (unpaired) electrons. The van der Waals surface area contributed by atoms with E-state index in [0.29, 0.717) is 0 Å². The molecule has 3 aromatic carbocycles. The van der Waals surface area contributed by atoms with Crippen LogP contribution >= 0.6 is 11.2 Å². The number of fused-ring (bicyclic) bond motifs is 3. The van der Waals surface area contributed by atoms with E-state index >= 15 is 0 Å². The van der Waals surface area contributed by atoms with Gasteiger partial charge in [0.1, 0.15) is 0 Å². The molecule has 1 aliphatic rings. The Hall–Kier alpha value is -2.49. The zero-order valence-corrected chi connectivity index (χ0v) is 20.1. The minimum atomic E-state index is -2.33. The summed E-state index contributed by atoms with van der Waals surface area (Å²) in [6, 6.07) is 27.6. The second-order valence-electron chi connectivity index (χ2n) is 8.52. The summed E-state index contributed by atoms with van der Waals surface area (Å²) in [5, 5.41) is 4.57. The van der Waals surface area contributed by atoms with Crippen LogP contribution in [-0.4, -0.2) is 11.8 Å². The fourth-order valence-corrected chi connectivity index (χ4v) is 14.3. The summed E-state index contributed by atoms with van der Waals surface area (Å²) in [5.41, 5.74) is 8.22. The molecule has 0 N–H and O–H groups in total. The first-order chi connectivity index (χ1) is 14.4. The average molecular weight is 426 g/mol. The lowest BCUT2D eigenvalue weighted by Crippen LogP contribution is -2.67. The van der Waals surface area contributed by atoms with Crippen LogP contribution in [0.4, 0.5) is 0 Å². The van der Waals surface area contributed by atoms with E-state index in [2.05, 4.69) is 123 Å². The molecule has 0 unspecified atom stereocenters. The van der Waals surface area contributed by atoms with Crippen LogP contribution < -0.4 is 15.6 Å². The quantitative estimate of drug-likeness (QED) is 0.409. The second-order valence-corrected chi connectivity index (χ2v) is 14.6. The summed E-state index contributed by atoms with van der Waals surface area (Å²) < 4.78 is 2.37. The lowest BCUT2D eigenvalue weighted by atomic mass is 10.1. The summed E-state index contributed by atoms with van der Waals surface area (Å²) in [6.45, 7) is 9.01. The van der Waals surface area contributed by atoms with Crippen LogP contribution in [0, 0.1) is 27.7 Å². The van der Waals surface area contributed by atoms with Crippen LogP contribution in [0.25, 0.3) is 11.3 Å². The van der Waals surface area contributed by atoms with Gasteiger partial charge in [-0.2, -0.15) is 0 Å². The first-order valence-electron chi connectivity index (χ1n) is 10.5. The predicted octanol–water partition coefficient (Wildman–Crippen LogP) is 5.00. The highest BCUT2D eigenvalue weighted by molar-refractivity contribution is 8.33. The Balaban J connectivity index is 1.97. The van der Waals surface area contributed by atoms with E-state index in [-0.39, 0.29) is 0 Å². The fourth-order valence-electron chi connectivity index (χ4n) is 4.94. The van der Waals surface area contributed by atoms with Gasteiger partial charge in [-0.15, -0.1) is 11.2 Å². The fraction of sp³-hybridized carbons (Fsp3) is 0.185. The molecule has 0 saturated carbocycles. The first-order valence-corrected chi connectivity index (χ1v) is 14.1. The van der Waals surface area contributed by atoms with Crippen molar-refractivity contribution in [2.24, 2.45) is 7.05 Å². The Morgan fingerprint density at radius 3 is 1.90 bits per heavy atom. The van der Waals surface area contributed by atoms with Gasteiger partial charge in [0.25, 0.3) is 0 Å². The lowest BCUT2D eigenvalue weighted by Gasteiger charge is -2.39. The first kappa shape index (κ1) is 19.5. The van der Waals surface area contributed by atoms with Gasteiger partial charge in [-0.3, -0.25) is 0 Å². The van der Waals surface area contributed by atoms with E-state index < -0.39 is 7.22 Å². The van der Waals surface area contributed by atoms with Crippen molar-refractivity contribution in [1.29, 1.82) is 0 Å². The molecule has 4 aromatic rings. The van der Waals surface area contributed by atoms with E-state index in [1.54, 1.807) is 0 Å². The van der Waals surface area contributed by atoms with Crippen molar-refractivity contribution >= 4 is 34.0 Å². The van der Waals surface area contributed by atoms with Crippen LogP contribution in [-0.2, 0) is 7.05 Å². The molecule has 0 atom stereocenters. The molecule has 0 fully saturated rings. The highest BCUT2D eigenvalue weighted by Crippen LogP contribution is 2.44. The van der Waals surface area contributed by atoms with Crippen LogP contribution in [0.15, 0.2) is 77.7 Å². The van der Waals surface area contributed by atoms with Gasteiger partial charge in [0.05, 0.1) is 5.69 Å². The summed E-state index contributed by atoms with van der Waals surface area (Å²) in [7, 11) is -0.131. The van der Waals surface area contributed by atoms with Gasteiger partial charge in [-0.05, 0) is 49.3 Å². The van der Waals surface area contributed by atoms with Gasteiger partial charge in [0, 0.05) is 23.2 Å². The molecule has 2 heterocycles. The molecule has 0 amide bonds. The Bertz CT molecular complexity index is 1240. The van der Waals surface area contributed by atoms with Crippen molar-refractivity contribution in [3.63, 3.8) is 0 Å². The molecule has 0 spiro atoms. The number of benzene rings is 3. The smallest absolute Gasteiger partial charge is 0.216 e. The third-order valence-electron chi connectivity index (χ3n) is 6.56. The Labute approximate surface area is 184 Å².